The number of esters is 3. The molecule has 0 radical (unpaired) electrons. The third-order valence-corrected chi connectivity index (χ3v) is 2.55. The minimum Gasteiger partial charge on any atom is -0.462 e. The van der Waals surface area contributed by atoms with Gasteiger partial charge < -0.3 is 14.2 Å². The Labute approximate surface area is 140 Å². The van der Waals surface area contributed by atoms with Gasteiger partial charge in [-0.25, -0.2) is 14.4 Å². The molecule has 0 saturated carbocycles. The van der Waals surface area contributed by atoms with Crippen LogP contribution in [0.25, 0.3) is 0 Å². The lowest BCUT2D eigenvalue weighted by molar-refractivity contribution is -0.148. The zero-order chi connectivity index (χ0) is 17.8. The molecule has 0 saturated heterocycles. The zero-order valence-corrected chi connectivity index (χ0v) is 13.5. The van der Waals surface area contributed by atoms with Gasteiger partial charge in [-0.2, -0.15) is 0 Å². The maximum absolute atomic E-state index is 11.7. The first kappa shape index (κ1) is 19.0. The molecule has 6 nitrogen and oxygen atoms in total. The van der Waals surface area contributed by atoms with E-state index in [1.807, 2.05) is 30.3 Å². The van der Waals surface area contributed by atoms with Crippen LogP contribution in [0.4, 0.5) is 0 Å². The van der Waals surface area contributed by atoms with Crippen molar-refractivity contribution in [2.24, 2.45) is 0 Å². The summed E-state index contributed by atoms with van der Waals surface area (Å²) in [4.78, 5) is 35.1. The second-order valence-corrected chi connectivity index (χ2v) is 4.27. The minimum absolute atomic E-state index is 0.0627. The number of rotatable bonds is 6. The first-order chi connectivity index (χ1) is 11.6. The van der Waals surface area contributed by atoms with Crippen molar-refractivity contribution in [3.63, 3.8) is 0 Å². The average molecular weight is 330 g/mol. The number of ether oxygens (including phenoxy) is 3. The van der Waals surface area contributed by atoms with E-state index < -0.39 is 23.5 Å². The van der Waals surface area contributed by atoms with Crippen LogP contribution >= 0.6 is 0 Å². The van der Waals surface area contributed by atoms with E-state index in [-0.39, 0.29) is 19.8 Å². The van der Waals surface area contributed by atoms with Crippen LogP contribution in [0, 0.1) is 11.8 Å². The molecular formula is C18H18O6. The normalized spacial score (nSPS) is 9.08. The molecule has 126 valence electrons. The van der Waals surface area contributed by atoms with Crippen molar-refractivity contribution < 1.29 is 28.6 Å². The molecule has 0 unspecified atom stereocenters. The highest BCUT2D eigenvalue weighted by molar-refractivity contribution is 6.17. The number of carbonyl (C=O) groups is 3. The molecule has 0 aliphatic heterocycles. The fourth-order valence-corrected chi connectivity index (χ4v) is 1.55. The molecule has 6 heteroatoms. The lowest BCUT2D eigenvalue weighted by atomic mass is 10.2. The second-order valence-electron chi connectivity index (χ2n) is 4.27. The highest BCUT2D eigenvalue weighted by atomic mass is 16.6. The summed E-state index contributed by atoms with van der Waals surface area (Å²) >= 11 is 0. The van der Waals surface area contributed by atoms with Gasteiger partial charge in [0, 0.05) is 11.6 Å². The Morgan fingerprint density at radius 2 is 1.54 bits per heavy atom. The average Bonchev–Trinajstić information content (AvgIpc) is 2.58. The Bertz CT molecular complexity index is 644. The molecule has 1 aromatic rings. The molecule has 0 atom stereocenters. The van der Waals surface area contributed by atoms with Crippen molar-refractivity contribution in [1.29, 1.82) is 0 Å². The summed E-state index contributed by atoms with van der Waals surface area (Å²) < 4.78 is 14.3. The highest BCUT2D eigenvalue weighted by Crippen LogP contribution is 2.03. The monoisotopic (exact) mass is 330 g/mol. The predicted octanol–water partition coefficient (Wildman–Crippen LogP) is 1.63. The first-order valence-electron chi connectivity index (χ1n) is 7.35. The molecule has 0 aliphatic carbocycles. The third kappa shape index (κ3) is 6.79. The Morgan fingerprint density at radius 1 is 0.958 bits per heavy atom. The van der Waals surface area contributed by atoms with Crippen molar-refractivity contribution in [2.75, 3.05) is 19.8 Å². The number of hydrogen-bond acceptors (Lipinski definition) is 6. The molecule has 0 fully saturated rings. The number of carbonyl (C=O) groups excluding carboxylic acids is 3. The van der Waals surface area contributed by atoms with Crippen LogP contribution in [0.1, 0.15) is 19.4 Å². The molecule has 0 bridgehead atoms. The molecule has 0 amide bonds. The molecule has 0 aromatic heterocycles. The summed E-state index contributed by atoms with van der Waals surface area (Å²) in [6.45, 7) is 3.11. The fourth-order valence-electron chi connectivity index (χ4n) is 1.55. The van der Waals surface area contributed by atoms with Gasteiger partial charge in [0.2, 0.25) is 0 Å². The molecule has 0 heterocycles. The van der Waals surface area contributed by atoms with Crippen molar-refractivity contribution in [2.45, 2.75) is 13.8 Å². The van der Waals surface area contributed by atoms with E-state index in [9.17, 15) is 14.4 Å². The van der Waals surface area contributed by atoms with Crippen LogP contribution in [0.5, 0.6) is 0 Å². The molecule has 1 rings (SSSR count). The summed E-state index contributed by atoms with van der Waals surface area (Å²) in [6, 6.07) is 9.17. The van der Waals surface area contributed by atoms with Crippen LogP contribution in [0.3, 0.4) is 0 Å². The third-order valence-electron chi connectivity index (χ3n) is 2.55. The molecule has 0 spiro atoms. The smallest absolute Gasteiger partial charge is 0.345 e. The van der Waals surface area contributed by atoms with E-state index in [0.717, 1.165) is 11.6 Å². The van der Waals surface area contributed by atoms with Gasteiger partial charge in [0.05, 0.1) is 13.2 Å². The second kappa shape index (κ2) is 10.6. The summed E-state index contributed by atoms with van der Waals surface area (Å²) in [5, 5.41) is 0. The first-order valence-corrected chi connectivity index (χ1v) is 7.35. The summed E-state index contributed by atoms with van der Waals surface area (Å²) in [5.41, 5.74) is 0.266. The minimum atomic E-state index is -0.941. The van der Waals surface area contributed by atoms with Crippen LogP contribution in [-0.4, -0.2) is 37.7 Å². The van der Waals surface area contributed by atoms with E-state index in [4.69, 9.17) is 14.2 Å². The lowest BCUT2D eigenvalue weighted by Gasteiger charge is -2.06. The standard InChI is InChI=1S/C18H18O6/c1-3-22-17(20)15(18(21)23-4-2)13-16(19)24-12-8-11-14-9-6-5-7-10-14/h5-7,9-10,13H,3-4,12H2,1-2H3. The summed E-state index contributed by atoms with van der Waals surface area (Å²) in [7, 11) is 0. The molecule has 0 aliphatic rings. The van der Waals surface area contributed by atoms with Gasteiger partial charge in [-0.05, 0) is 26.0 Å². The summed E-state index contributed by atoms with van der Waals surface area (Å²) in [6.07, 6.45) is 0.750. The van der Waals surface area contributed by atoms with Gasteiger partial charge in [-0.15, -0.1) is 0 Å². The van der Waals surface area contributed by atoms with Crippen LogP contribution < -0.4 is 0 Å². The van der Waals surface area contributed by atoms with Crippen LogP contribution in [0.15, 0.2) is 42.0 Å². The van der Waals surface area contributed by atoms with E-state index in [1.165, 1.54) is 0 Å². The van der Waals surface area contributed by atoms with Crippen molar-refractivity contribution >= 4 is 17.9 Å². The SMILES string of the molecule is CCOC(=O)C(=CC(=O)OCC#Cc1ccccc1)C(=O)OCC. The van der Waals surface area contributed by atoms with Gasteiger partial charge in [0.15, 0.2) is 12.2 Å². The number of benzene rings is 1. The van der Waals surface area contributed by atoms with Gasteiger partial charge in [0.25, 0.3) is 0 Å². The maximum Gasteiger partial charge on any atom is 0.345 e. The molecule has 1 aromatic carbocycles. The topological polar surface area (TPSA) is 78.9 Å². The Balaban J connectivity index is 2.68. The highest BCUT2D eigenvalue weighted by Gasteiger charge is 2.22. The van der Waals surface area contributed by atoms with E-state index in [0.29, 0.717) is 0 Å². The van der Waals surface area contributed by atoms with E-state index >= 15 is 0 Å². The van der Waals surface area contributed by atoms with Crippen molar-refractivity contribution in [3.05, 3.63) is 47.5 Å². The van der Waals surface area contributed by atoms with Gasteiger partial charge >= 0.3 is 17.9 Å². The van der Waals surface area contributed by atoms with E-state index in [1.54, 1.807) is 13.8 Å². The quantitative estimate of drug-likeness (QED) is 0.197. The largest absolute Gasteiger partial charge is 0.462 e. The maximum atomic E-state index is 11.7. The predicted molar refractivity (Wildman–Crippen MR) is 85.6 cm³/mol. The Hall–Kier alpha value is -3.07. The van der Waals surface area contributed by atoms with Crippen molar-refractivity contribution in [1.82, 2.24) is 0 Å². The van der Waals surface area contributed by atoms with Crippen LogP contribution in [-0.2, 0) is 28.6 Å². The summed E-state index contributed by atoms with van der Waals surface area (Å²) in [5.74, 6) is 2.70. The van der Waals surface area contributed by atoms with Gasteiger partial charge in [0.1, 0.15) is 0 Å². The number of hydrogen-bond donors (Lipinski definition) is 0. The Kier molecular flexibility index (Phi) is 8.40. The van der Waals surface area contributed by atoms with Crippen LogP contribution in [0.2, 0.25) is 0 Å². The molecule has 0 N–H and O–H groups in total. The molecule has 24 heavy (non-hydrogen) atoms. The van der Waals surface area contributed by atoms with Crippen molar-refractivity contribution in [3.8, 4) is 11.8 Å². The van der Waals surface area contributed by atoms with Gasteiger partial charge in [-0.1, -0.05) is 30.0 Å². The fraction of sp³-hybridized carbons (Fsp3) is 0.278. The zero-order valence-electron chi connectivity index (χ0n) is 13.5. The molecular weight excluding hydrogens is 312 g/mol. The Morgan fingerprint density at radius 3 is 2.08 bits per heavy atom. The van der Waals surface area contributed by atoms with E-state index in [2.05, 4.69) is 11.8 Å². The lowest BCUT2D eigenvalue weighted by Crippen LogP contribution is -2.20. The van der Waals surface area contributed by atoms with Gasteiger partial charge in [-0.3, -0.25) is 0 Å².